The first-order valence-electron chi connectivity index (χ1n) is 9.33. The molecule has 8 nitrogen and oxygen atoms in total. The predicted octanol–water partition coefficient (Wildman–Crippen LogP) is 2.50. The molecule has 0 spiro atoms. The van der Waals surface area contributed by atoms with E-state index in [0.717, 1.165) is 36.8 Å². The van der Waals surface area contributed by atoms with Crippen molar-refractivity contribution in [3.63, 3.8) is 0 Å². The number of sulfone groups is 1. The second-order valence-corrected chi connectivity index (χ2v) is 9.69. The minimum atomic E-state index is -3.31. The van der Waals surface area contributed by atoms with Crippen LogP contribution in [0.15, 0.2) is 28.8 Å². The quantitative estimate of drug-likeness (QED) is 0.681. The van der Waals surface area contributed by atoms with Gasteiger partial charge in [-0.15, -0.1) is 0 Å². The van der Waals surface area contributed by atoms with Crippen LogP contribution in [0, 0.1) is 0 Å². The van der Waals surface area contributed by atoms with Gasteiger partial charge in [-0.05, 0) is 31.4 Å². The van der Waals surface area contributed by atoms with Gasteiger partial charge in [0.1, 0.15) is 15.9 Å². The first-order valence-corrected chi connectivity index (χ1v) is 11.4. The van der Waals surface area contributed by atoms with Crippen molar-refractivity contribution in [2.24, 2.45) is 0 Å². The molecule has 1 fully saturated rings. The molecule has 2 aliphatic rings. The maximum absolute atomic E-state index is 12.9. The van der Waals surface area contributed by atoms with E-state index < -0.39 is 27.7 Å². The average Bonchev–Trinajstić information content (AvgIpc) is 3.38. The van der Waals surface area contributed by atoms with Gasteiger partial charge in [0.2, 0.25) is 5.89 Å². The van der Waals surface area contributed by atoms with Gasteiger partial charge in [-0.3, -0.25) is 14.5 Å². The Morgan fingerprint density at radius 2 is 1.75 bits per heavy atom. The highest BCUT2D eigenvalue weighted by atomic mass is 32.2. The van der Waals surface area contributed by atoms with Crippen LogP contribution < -0.4 is 0 Å². The largest absolute Gasteiger partial charge is 0.337 e. The average molecular weight is 403 g/mol. The van der Waals surface area contributed by atoms with Crippen LogP contribution in [0.3, 0.4) is 0 Å². The Hall–Kier alpha value is -2.55. The van der Waals surface area contributed by atoms with E-state index in [1.54, 1.807) is 24.3 Å². The number of nitrogens with zero attached hydrogens (tertiary/aromatic N) is 3. The van der Waals surface area contributed by atoms with E-state index >= 15 is 0 Å². The van der Waals surface area contributed by atoms with Crippen LogP contribution in [0.4, 0.5) is 0 Å². The first-order chi connectivity index (χ1) is 13.3. The molecule has 1 unspecified atom stereocenters. The van der Waals surface area contributed by atoms with Gasteiger partial charge in [0.15, 0.2) is 5.82 Å². The second kappa shape index (κ2) is 7.12. The van der Waals surface area contributed by atoms with E-state index in [1.165, 1.54) is 0 Å². The van der Waals surface area contributed by atoms with E-state index in [9.17, 15) is 18.0 Å². The van der Waals surface area contributed by atoms with Gasteiger partial charge in [0.05, 0.1) is 16.9 Å². The number of hydrogen-bond acceptors (Lipinski definition) is 7. The summed E-state index contributed by atoms with van der Waals surface area (Å²) >= 11 is 0. The summed E-state index contributed by atoms with van der Waals surface area (Å²) in [5, 5.41) is 4.05. The Morgan fingerprint density at radius 1 is 1.14 bits per heavy atom. The lowest BCUT2D eigenvalue weighted by Gasteiger charge is -2.22. The Balaban J connectivity index is 1.68. The molecule has 1 saturated carbocycles. The molecule has 28 heavy (non-hydrogen) atoms. The van der Waals surface area contributed by atoms with Crippen molar-refractivity contribution >= 4 is 21.7 Å². The van der Waals surface area contributed by atoms with Gasteiger partial charge >= 0.3 is 0 Å². The van der Waals surface area contributed by atoms with Crippen LogP contribution >= 0.6 is 0 Å². The molecular formula is C19H21N3O5S. The predicted molar refractivity (Wildman–Crippen MR) is 99.5 cm³/mol. The lowest BCUT2D eigenvalue weighted by Crippen LogP contribution is -2.35. The minimum absolute atomic E-state index is 0.0105. The second-order valence-electron chi connectivity index (χ2n) is 7.43. The summed E-state index contributed by atoms with van der Waals surface area (Å²) in [7, 11) is -3.31. The number of carbonyl (C=O) groups is 2. The molecule has 2 aromatic rings. The summed E-state index contributed by atoms with van der Waals surface area (Å²) in [6.07, 6.45) is 5.27. The molecule has 2 heterocycles. The molecular weight excluding hydrogens is 382 g/mol. The molecule has 2 amide bonds. The van der Waals surface area contributed by atoms with E-state index in [4.69, 9.17) is 4.52 Å². The number of hydrogen-bond donors (Lipinski definition) is 0. The molecule has 0 bridgehead atoms. The van der Waals surface area contributed by atoms with Crippen LogP contribution in [0.5, 0.6) is 0 Å². The van der Waals surface area contributed by atoms with Crippen LogP contribution in [-0.2, 0) is 9.84 Å². The number of imide groups is 1. The van der Waals surface area contributed by atoms with Gasteiger partial charge in [-0.2, -0.15) is 4.98 Å². The van der Waals surface area contributed by atoms with Crippen molar-refractivity contribution in [1.82, 2.24) is 15.0 Å². The molecule has 0 N–H and O–H groups in total. The van der Waals surface area contributed by atoms with E-state index in [1.807, 2.05) is 0 Å². The maximum Gasteiger partial charge on any atom is 0.262 e. The molecule has 1 aromatic heterocycles. The first kappa shape index (κ1) is 18.8. The maximum atomic E-state index is 12.9. The van der Waals surface area contributed by atoms with Crippen LogP contribution in [0.1, 0.15) is 76.5 Å². The zero-order valence-electron chi connectivity index (χ0n) is 15.5. The standard InChI is InChI=1S/C19H21N3O5S/c1-28(25,26)11-10-15(17-20-16(21-27-17)12-6-2-3-7-12)22-18(23)13-8-4-5-9-14(13)19(22)24/h4-5,8-9,12,15H,2-3,6-7,10-11H2,1H3. The zero-order chi connectivity index (χ0) is 19.9. The van der Waals surface area contributed by atoms with Gasteiger partial charge in [0, 0.05) is 12.2 Å². The summed E-state index contributed by atoms with van der Waals surface area (Å²) < 4.78 is 28.9. The SMILES string of the molecule is CS(=O)(=O)CCC(c1nc(C2CCCC2)no1)N1C(=O)c2ccccc2C1=O. The number of amides is 2. The van der Waals surface area contributed by atoms with Gasteiger partial charge in [-0.25, -0.2) is 8.42 Å². The van der Waals surface area contributed by atoms with Crippen molar-refractivity contribution in [3.8, 4) is 0 Å². The normalized spacial score (nSPS) is 18.7. The lowest BCUT2D eigenvalue weighted by molar-refractivity contribution is 0.0547. The third-order valence-electron chi connectivity index (χ3n) is 5.36. The molecule has 1 atom stereocenters. The molecule has 0 radical (unpaired) electrons. The van der Waals surface area contributed by atoms with Crippen molar-refractivity contribution in [3.05, 3.63) is 47.1 Å². The number of benzene rings is 1. The summed E-state index contributed by atoms with van der Waals surface area (Å²) in [6.45, 7) is 0. The highest BCUT2D eigenvalue weighted by Gasteiger charge is 2.43. The molecule has 1 aliphatic heterocycles. The monoisotopic (exact) mass is 403 g/mol. The number of carbonyl (C=O) groups excluding carboxylic acids is 2. The third-order valence-corrected chi connectivity index (χ3v) is 6.34. The Labute approximate surface area is 162 Å². The van der Waals surface area contributed by atoms with Gasteiger partial charge in [-0.1, -0.05) is 30.1 Å². The van der Waals surface area contributed by atoms with E-state index in [0.29, 0.717) is 17.0 Å². The van der Waals surface area contributed by atoms with Crippen LogP contribution in [0.25, 0.3) is 0 Å². The summed E-state index contributed by atoms with van der Waals surface area (Å²) in [4.78, 5) is 31.3. The zero-order valence-corrected chi connectivity index (χ0v) is 16.3. The van der Waals surface area contributed by atoms with Crippen molar-refractivity contribution < 1.29 is 22.5 Å². The third kappa shape index (κ3) is 3.46. The van der Waals surface area contributed by atoms with Gasteiger partial charge in [0.25, 0.3) is 11.8 Å². The molecule has 4 rings (SSSR count). The van der Waals surface area contributed by atoms with Gasteiger partial charge < -0.3 is 4.52 Å². The van der Waals surface area contributed by atoms with Crippen molar-refractivity contribution in [2.75, 3.05) is 12.0 Å². The molecule has 9 heteroatoms. The van der Waals surface area contributed by atoms with E-state index in [-0.39, 0.29) is 24.0 Å². The molecule has 1 aliphatic carbocycles. The topological polar surface area (TPSA) is 110 Å². The van der Waals surface area contributed by atoms with Crippen molar-refractivity contribution in [2.45, 2.75) is 44.1 Å². The van der Waals surface area contributed by atoms with Crippen molar-refractivity contribution in [1.29, 1.82) is 0 Å². The number of rotatable bonds is 6. The highest BCUT2D eigenvalue weighted by Crippen LogP contribution is 2.36. The summed E-state index contributed by atoms with van der Waals surface area (Å²) in [6, 6.07) is 5.63. The van der Waals surface area contributed by atoms with Crippen LogP contribution in [-0.4, -0.2) is 47.3 Å². The summed E-state index contributed by atoms with van der Waals surface area (Å²) in [5.74, 6) is -0.269. The number of aromatic nitrogens is 2. The Kier molecular flexibility index (Phi) is 4.78. The minimum Gasteiger partial charge on any atom is -0.337 e. The fourth-order valence-electron chi connectivity index (χ4n) is 3.91. The molecule has 148 valence electrons. The molecule has 1 aromatic carbocycles. The fourth-order valence-corrected chi connectivity index (χ4v) is 4.56. The smallest absolute Gasteiger partial charge is 0.262 e. The summed E-state index contributed by atoms with van der Waals surface area (Å²) in [5.41, 5.74) is 0.597. The van der Waals surface area contributed by atoms with Crippen LogP contribution in [0.2, 0.25) is 0 Å². The highest BCUT2D eigenvalue weighted by molar-refractivity contribution is 7.90. The lowest BCUT2D eigenvalue weighted by atomic mass is 10.1. The fraction of sp³-hybridized carbons (Fsp3) is 0.474. The Morgan fingerprint density at radius 3 is 2.32 bits per heavy atom. The Bertz CT molecular complexity index is 989. The molecule has 0 saturated heterocycles. The number of fused-ring (bicyclic) bond motifs is 1. The van der Waals surface area contributed by atoms with E-state index in [2.05, 4.69) is 10.1 Å².